The summed E-state index contributed by atoms with van der Waals surface area (Å²) in [6.45, 7) is 6.50. The van der Waals surface area contributed by atoms with Gasteiger partial charge in [-0.2, -0.15) is 0 Å². The number of amides is 2. The van der Waals surface area contributed by atoms with Gasteiger partial charge in [0.2, 0.25) is 0 Å². The molecule has 0 saturated carbocycles. The zero-order valence-corrected chi connectivity index (χ0v) is 21.7. The largest absolute Gasteiger partial charge is 0.275 e. The number of benzene rings is 4. The van der Waals surface area contributed by atoms with Crippen molar-refractivity contribution in [3.8, 4) is 0 Å². The SMILES string of the molecule is CC(C)(C)c1ccc(N2C(=O)C3=C(c4ccccc4)N(c4ccccc4)C(=O)C3=C2c2ccccc2)cc1. The van der Waals surface area contributed by atoms with E-state index in [4.69, 9.17) is 0 Å². The third-order valence-corrected chi connectivity index (χ3v) is 7.11. The summed E-state index contributed by atoms with van der Waals surface area (Å²) in [4.78, 5) is 32.1. The average Bonchev–Trinajstić information content (AvgIpc) is 3.41. The van der Waals surface area contributed by atoms with E-state index in [1.54, 1.807) is 9.80 Å². The third kappa shape index (κ3) is 3.77. The summed E-state index contributed by atoms with van der Waals surface area (Å²) >= 11 is 0. The summed E-state index contributed by atoms with van der Waals surface area (Å²) in [5.41, 5.74) is 6.37. The van der Waals surface area contributed by atoms with Crippen molar-refractivity contribution in [2.75, 3.05) is 9.80 Å². The van der Waals surface area contributed by atoms with E-state index < -0.39 is 0 Å². The van der Waals surface area contributed by atoms with E-state index in [1.165, 1.54) is 5.56 Å². The third-order valence-electron chi connectivity index (χ3n) is 7.11. The maximum Gasteiger partial charge on any atom is 0.265 e. The number of rotatable bonds is 4. The van der Waals surface area contributed by atoms with Crippen LogP contribution in [0.3, 0.4) is 0 Å². The number of hydrogen-bond acceptors (Lipinski definition) is 2. The zero-order chi connectivity index (χ0) is 26.4. The molecule has 0 atom stereocenters. The lowest BCUT2D eigenvalue weighted by atomic mass is 9.87. The lowest BCUT2D eigenvalue weighted by Gasteiger charge is -2.26. The van der Waals surface area contributed by atoms with Gasteiger partial charge in [-0.1, -0.05) is 112 Å². The smallest absolute Gasteiger partial charge is 0.265 e. The van der Waals surface area contributed by atoms with Gasteiger partial charge in [0, 0.05) is 11.4 Å². The molecule has 2 aliphatic rings. The molecule has 0 aliphatic carbocycles. The van der Waals surface area contributed by atoms with E-state index in [0.717, 1.165) is 22.5 Å². The van der Waals surface area contributed by atoms with Crippen molar-refractivity contribution in [1.82, 2.24) is 0 Å². The van der Waals surface area contributed by atoms with Crippen molar-refractivity contribution in [2.24, 2.45) is 0 Å². The minimum Gasteiger partial charge on any atom is -0.275 e. The number of carbonyl (C=O) groups is 2. The first-order valence-corrected chi connectivity index (χ1v) is 12.8. The molecule has 4 nitrogen and oxygen atoms in total. The van der Waals surface area contributed by atoms with Gasteiger partial charge in [0.1, 0.15) is 0 Å². The first-order chi connectivity index (χ1) is 18.4. The van der Waals surface area contributed by atoms with Crippen molar-refractivity contribution in [3.63, 3.8) is 0 Å². The molecular weight excluding hydrogens is 468 g/mol. The van der Waals surface area contributed by atoms with E-state index in [-0.39, 0.29) is 17.2 Å². The zero-order valence-electron chi connectivity index (χ0n) is 21.7. The fourth-order valence-corrected chi connectivity index (χ4v) is 5.22. The molecule has 186 valence electrons. The number of para-hydroxylation sites is 1. The Morgan fingerprint density at radius 1 is 0.474 bits per heavy atom. The van der Waals surface area contributed by atoms with E-state index in [9.17, 15) is 9.59 Å². The average molecular weight is 497 g/mol. The van der Waals surface area contributed by atoms with Crippen LogP contribution in [0, 0.1) is 0 Å². The van der Waals surface area contributed by atoms with Crippen LogP contribution in [0.15, 0.2) is 126 Å². The Kier molecular flexibility index (Phi) is 5.61. The standard InChI is InChI=1S/C34H28N2O2/c1-34(2,3)25-19-21-27(22-20-25)36-31(24-15-9-5-10-16-24)29-28(33(36)38)30(23-13-7-4-8-14-23)35(32(29)37)26-17-11-6-12-18-26/h4-22H,1-3H3. The molecule has 0 unspecified atom stereocenters. The molecule has 6 rings (SSSR count). The lowest BCUT2D eigenvalue weighted by molar-refractivity contribution is -0.115. The highest BCUT2D eigenvalue weighted by atomic mass is 16.2. The van der Waals surface area contributed by atoms with Gasteiger partial charge in [0.05, 0.1) is 22.5 Å². The minimum atomic E-state index is -0.203. The lowest BCUT2D eigenvalue weighted by Crippen LogP contribution is -2.29. The molecule has 2 heterocycles. The van der Waals surface area contributed by atoms with Crippen LogP contribution in [0.1, 0.15) is 37.5 Å². The Bertz CT molecular complexity index is 1590. The Hall–Kier alpha value is -4.70. The molecule has 2 amide bonds. The van der Waals surface area contributed by atoms with Crippen molar-refractivity contribution in [2.45, 2.75) is 26.2 Å². The molecule has 0 saturated heterocycles. The molecule has 2 aliphatic heterocycles. The van der Waals surface area contributed by atoms with Crippen molar-refractivity contribution >= 4 is 34.6 Å². The summed E-state index contributed by atoms with van der Waals surface area (Å²) in [5.74, 6) is -0.404. The van der Waals surface area contributed by atoms with E-state index >= 15 is 0 Å². The molecule has 0 N–H and O–H groups in total. The molecule has 4 heteroatoms. The Balaban J connectivity index is 1.62. The molecule has 0 radical (unpaired) electrons. The molecule has 38 heavy (non-hydrogen) atoms. The maximum atomic E-state index is 14.4. The first-order valence-electron chi connectivity index (χ1n) is 12.8. The molecular formula is C34H28N2O2. The molecule has 0 bridgehead atoms. The number of hydrogen-bond donors (Lipinski definition) is 0. The predicted molar refractivity (Wildman–Crippen MR) is 153 cm³/mol. The second kappa shape index (κ2) is 9.00. The quantitative estimate of drug-likeness (QED) is 0.300. The Morgan fingerprint density at radius 2 is 0.842 bits per heavy atom. The maximum absolute atomic E-state index is 14.4. The Morgan fingerprint density at radius 3 is 1.24 bits per heavy atom. The van der Waals surface area contributed by atoms with Crippen LogP contribution in [0.25, 0.3) is 11.4 Å². The molecule has 0 aromatic heterocycles. The van der Waals surface area contributed by atoms with Crippen LogP contribution in [-0.2, 0) is 15.0 Å². The van der Waals surface area contributed by atoms with Gasteiger partial charge >= 0.3 is 0 Å². The summed E-state index contributed by atoms with van der Waals surface area (Å²) in [5, 5.41) is 0. The van der Waals surface area contributed by atoms with Gasteiger partial charge in [-0.05, 0) is 46.4 Å². The van der Waals surface area contributed by atoms with Crippen LogP contribution >= 0.6 is 0 Å². The monoisotopic (exact) mass is 496 g/mol. The van der Waals surface area contributed by atoms with Gasteiger partial charge in [-0.15, -0.1) is 0 Å². The summed E-state index contributed by atoms with van der Waals surface area (Å²) in [7, 11) is 0. The van der Waals surface area contributed by atoms with Crippen LogP contribution in [-0.4, -0.2) is 11.8 Å². The van der Waals surface area contributed by atoms with Crippen LogP contribution in [0.5, 0.6) is 0 Å². The second-order valence-electron chi connectivity index (χ2n) is 10.6. The summed E-state index contributed by atoms with van der Waals surface area (Å²) in [6.07, 6.45) is 0. The highest BCUT2D eigenvalue weighted by molar-refractivity contribution is 6.41. The molecule has 0 spiro atoms. The molecule has 4 aromatic rings. The van der Waals surface area contributed by atoms with Gasteiger partial charge in [0.15, 0.2) is 0 Å². The number of carbonyl (C=O) groups excluding carboxylic acids is 2. The molecule has 4 aromatic carbocycles. The van der Waals surface area contributed by atoms with Gasteiger partial charge in [0.25, 0.3) is 11.8 Å². The van der Waals surface area contributed by atoms with E-state index in [0.29, 0.717) is 22.5 Å². The van der Waals surface area contributed by atoms with E-state index in [1.807, 2.05) is 103 Å². The van der Waals surface area contributed by atoms with E-state index in [2.05, 4.69) is 32.9 Å². The normalized spacial score (nSPS) is 15.6. The molecule has 0 fully saturated rings. The second-order valence-corrected chi connectivity index (χ2v) is 10.6. The summed E-state index contributed by atoms with van der Waals surface area (Å²) in [6, 6.07) is 37.0. The fourth-order valence-electron chi connectivity index (χ4n) is 5.22. The minimum absolute atomic E-state index is 0.0140. The van der Waals surface area contributed by atoms with Gasteiger partial charge < -0.3 is 0 Å². The number of nitrogens with zero attached hydrogens (tertiary/aromatic N) is 2. The number of anilines is 2. The highest BCUT2D eigenvalue weighted by Gasteiger charge is 2.49. The summed E-state index contributed by atoms with van der Waals surface area (Å²) < 4.78 is 0. The van der Waals surface area contributed by atoms with Crippen LogP contribution in [0.4, 0.5) is 11.4 Å². The highest BCUT2D eigenvalue weighted by Crippen LogP contribution is 2.49. The van der Waals surface area contributed by atoms with Crippen LogP contribution in [0.2, 0.25) is 0 Å². The Labute approximate surface area is 223 Å². The van der Waals surface area contributed by atoms with Crippen LogP contribution < -0.4 is 9.80 Å². The topological polar surface area (TPSA) is 40.6 Å². The number of fused-ring (bicyclic) bond motifs is 1. The fraction of sp³-hybridized carbons (Fsp3) is 0.118. The van der Waals surface area contributed by atoms with Crippen molar-refractivity contribution in [3.05, 3.63) is 143 Å². The van der Waals surface area contributed by atoms with Gasteiger partial charge in [-0.3, -0.25) is 19.4 Å². The van der Waals surface area contributed by atoms with Crippen molar-refractivity contribution < 1.29 is 9.59 Å². The van der Waals surface area contributed by atoms with Gasteiger partial charge in [-0.25, -0.2) is 0 Å². The first kappa shape index (κ1) is 23.7. The van der Waals surface area contributed by atoms with Crippen molar-refractivity contribution in [1.29, 1.82) is 0 Å². The predicted octanol–water partition coefficient (Wildman–Crippen LogP) is 7.20.